The van der Waals surface area contributed by atoms with Crippen LogP contribution in [0.1, 0.15) is 31.2 Å². The van der Waals surface area contributed by atoms with Gasteiger partial charge in [0.25, 0.3) is 0 Å². The van der Waals surface area contributed by atoms with Crippen LogP contribution in [0.15, 0.2) is 23.1 Å². The van der Waals surface area contributed by atoms with Crippen LogP contribution in [0.5, 0.6) is 0 Å². The van der Waals surface area contributed by atoms with E-state index in [1.807, 2.05) is 6.07 Å². The Balaban J connectivity index is 0.00000176. The molecule has 5 nitrogen and oxygen atoms in total. The quantitative estimate of drug-likeness (QED) is 0.864. The third-order valence-electron chi connectivity index (χ3n) is 4.16. The number of rotatable bonds is 3. The maximum absolute atomic E-state index is 12.4. The molecule has 2 aliphatic rings. The van der Waals surface area contributed by atoms with Gasteiger partial charge in [0, 0.05) is 18.1 Å². The van der Waals surface area contributed by atoms with Gasteiger partial charge in [0.1, 0.15) is 6.07 Å². The molecule has 0 saturated carbocycles. The number of halogens is 2. The van der Waals surface area contributed by atoms with Gasteiger partial charge in [-0.05, 0) is 43.9 Å². The highest BCUT2D eigenvalue weighted by molar-refractivity contribution is 7.89. The third-order valence-corrected chi connectivity index (χ3v) is 6.01. The van der Waals surface area contributed by atoms with Gasteiger partial charge in [-0.15, -0.1) is 12.4 Å². The summed E-state index contributed by atoms with van der Waals surface area (Å²) in [5.41, 5.74) is 0.171. The predicted molar refractivity (Wildman–Crippen MR) is 86.7 cm³/mol. The van der Waals surface area contributed by atoms with Gasteiger partial charge < -0.3 is 5.32 Å². The second-order valence-corrected chi connectivity index (χ2v) is 7.80. The van der Waals surface area contributed by atoms with E-state index in [1.54, 1.807) is 0 Å². The van der Waals surface area contributed by atoms with Gasteiger partial charge in [-0.2, -0.15) is 5.26 Å². The van der Waals surface area contributed by atoms with Crippen molar-refractivity contribution in [2.75, 3.05) is 0 Å². The van der Waals surface area contributed by atoms with Crippen molar-refractivity contribution in [2.24, 2.45) is 0 Å². The summed E-state index contributed by atoms with van der Waals surface area (Å²) in [7, 11) is -3.62. The summed E-state index contributed by atoms with van der Waals surface area (Å²) in [6.07, 6.45) is 3.85. The minimum Gasteiger partial charge on any atom is -0.311 e. The lowest BCUT2D eigenvalue weighted by Crippen LogP contribution is -2.47. The summed E-state index contributed by atoms with van der Waals surface area (Å²) < 4.78 is 27.6. The first-order valence-electron chi connectivity index (χ1n) is 6.96. The molecule has 2 atom stereocenters. The average molecular weight is 362 g/mol. The van der Waals surface area contributed by atoms with Gasteiger partial charge >= 0.3 is 0 Å². The van der Waals surface area contributed by atoms with Crippen LogP contribution >= 0.6 is 24.0 Å². The molecule has 0 aromatic heterocycles. The monoisotopic (exact) mass is 361 g/mol. The Morgan fingerprint density at radius 1 is 1.27 bits per heavy atom. The third kappa shape index (κ3) is 3.55. The number of nitrogens with one attached hydrogen (secondary N) is 2. The summed E-state index contributed by atoms with van der Waals surface area (Å²) >= 11 is 5.84. The fourth-order valence-electron chi connectivity index (χ4n) is 3.20. The fourth-order valence-corrected chi connectivity index (χ4v) is 4.65. The highest BCUT2D eigenvalue weighted by atomic mass is 35.5. The largest absolute Gasteiger partial charge is 0.311 e. The highest BCUT2D eigenvalue weighted by Gasteiger charge is 2.35. The Bertz CT molecular complexity index is 691. The second-order valence-electron chi connectivity index (χ2n) is 5.68. The molecule has 2 N–H and O–H groups in total. The summed E-state index contributed by atoms with van der Waals surface area (Å²) in [5, 5.41) is 12.7. The molecular weight excluding hydrogens is 345 g/mol. The van der Waals surface area contributed by atoms with Crippen LogP contribution in [0.4, 0.5) is 0 Å². The molecule has 2 fully saturated rings. The van der Waals surface area contributed by atoms with Crippen molar-refractivity contribution in [3.05, 3.63) is 28.8 Å². The molecule has 2 aliphatic heterocycles. The summed E-state index contributed by atoms with van der Waals surface area (Å²) in [5.74, 6) is 0. The van der Waals surface area contributed by atoms with Crippen molar-refractivity contribution in [1.29, 1.82) is 5.26 Å². The lowest BCUT2D eigenvalue weighted by atomic mass is 10.0. The molecule has 120 valence electrons. The van der Waals surface area contributed by atoms with E-state index in [2.05, 4.69) is 10.0 Å². The van der Waals surface area contributed by atoms with Gasteiger partial charge in [0.05, 0.1) is 15.5 Å². The molecule has 2 saturated heterocycles. The Kier molecular flexibility index (Phi) is 5.36. The molecule has 0 aliphatic carbocycles. The smallest absolute Gasteiger partial charge is 0.240 e. The topological polar surface area (TPSA) is 82.0 Å². The molecule has 3 rings (SSSR count). The standard InChI is InChI=1S/C14H16ClN3O2S.ClH/c15-14-4-3-13(5-9(14)8-16)21(19,20)18-12-6-10-1-2-11(7-12)17-10;/h3-5,10-12,17-18H,1-2,6-7H2;1H. The normalized spacial score (nSPS) is 27.0. The van der Waals surface area contributed by atoms with E-state index in [-0.39, 0.29) is 33.9 Å². The summed E-state index contributed by atoms with van der Waals surface area (Å²) in [6.45, 7) is 0. The SMILES string of the molecule is Cl.N#Cc1cc(S(=O)(=O)NC2CC3CCC(C2)N3)ccc1Cl. The summed E-state index contributed by atoms with van der Waals surface area (Å²) in [6, 6.07) is 6.88. The van der Waals surface area contributed by atoms with Crippen LogP contribution in [0, 0.1) is 11.3 Å². The van der Waals surface area contributed by atoms with E-state index in [0.29, 0.717) is 12.1 Å². The van der Waals surface area contributed by atoms with Gasteiger partial charge in [0.2, 0.25) is 10.0 Å². The maximum atomic E-state index is 12.4. The lowest BCUT2D eigenvalue weighted by molar-refractivity contribution is 0.345. The molecule has 2 bridgehead atoms. The van der Waals surface area contributed by atoms with Crippen LogP contribution in [0.3, 0.4) is 0 Å². The average Bonchev–Trinajstić information content (AvgIpc) is 2.78. The summed E-state index contributed by atoms with van der Waals surface area (Å²) in [4.78, 5) is 0.0920. The van der Waals surface area contributed by atoms with E-state index in [0.717, 1.165) is 25.7 Å². The molecule has 0 amide bonds. The van der Waals surface area contributed by atoms with Gasteiger partial charge in [-0.1, -0.05) is 11.6 Å². The molecule has 0 spiro atoms. The number of hydrogen-bond donors (Lipinski definition) is 2. The minimum absolute atomic E-state index is 0. The van der Waals surface area contributed by atoms with Gasteiger partial charge in [-0.3, -0.25) is 0 Å². The number of fused-ring (bicyclic) bond motifs is 2. The van der Waals surface area contributed by atoms with E-state index in [9.17, 15) is 8.42 Å². The van der Waals surface area contributed by atoms with E-state index < -0.39 is 10.0 Å². The van der Waals surface area contributed by atoms with Crippen LogP contribution in [0.2, 0.25) is 5.02 Å². The van der Waals surface area contributed by atoms with Crippen LogP contribution in [-0.4, -0.2) is 26.5 Å². The number of benzene rings is 1. The molecule has 8 heteroatoms. The number of nitriles is 1. The van der Waals surface area contributed by atoms with Gasteiger partial charge in [0.15, 0.2) is 0 Å². The fraction of sp³-hybridized carbons (Fsp3) is 0.500. The molecule has 2 heterocycles. The van der Waals surface area contributed by atoms with Crippen LogP contribution < -0.4 is 10.0 Å². The number of sulfonamides is 1. The van der Waals surface area contributed by atoms with Crippen LogP contribution in [-0.2, 0) is 10.0 Å². The van der Waals surface area contributed by atoms with Crippen LogP contribution in [0.25, 0.3) is 0 Å². The van der Waals surface area contributed by atoms with E-state index in [1.165, 1.54) is 18.2 Å². The Morgan fingerprint density at radius 2 is 1.91 bits per heavy atom. The maximum Gasteiger partial charge on any atom is 0.240 e. The molecule has 2 unspecified atom stereocenters. The molecular formula is C14H17Cl2N3O2S. The molecule has 1 aromatic rings. The molecule has 0 radical (unpaired) electrons. The molecule has 1 aromatic carbocycles. The van der Waals surface area contributed by atoms with Crippen molar-refractivity contribution in [3.63, 3.8) is 0 Å². The van der Waals surface area contributed by atoms with Crippen molar-refractivity contribution < 1.29 is 8.42 Å². The number of nitrogens with zero attached hydrogens (tertiary/aromatic N) is 1. The zero-order valence-corrected chi connectivity index (χ0v) is 14.1. The lowest BCUT2D eigenvalue weighted by Gasteiger charge is -2.29. The zero-order valence-electron chi connectivity index (χ0n) is 11.8. The predicted octanol–water partition coefficient (Wildman–Crippen LogP) is 2.19. The van der Waals surface area contributed by atoms with E-state index in [4.69, 9.17) is 16.9 Å². The van der Waals surface area contributed by atoms with Crippen molar-refractivity contribution in [1.82, 2.24) is 10.0 Å². The first-order chi connectivity index (χ1) is 9.98. The minimum atomic E-state index is -3.62. The van der Waals surface area contributed by atoms with Crippen molar-refractivity contribution in [2.45, 2.75) is 48.7 Å². The Hall–Kier alpha value is -0.840. The number of hydrogen-bond acceptors (Lipinski definition) is 4. The second kappa shape index (κ2) is 6.73. The highest BCUT2D eigenvalue weighted by Crippen LogP contribution is 2.28. The van der Waals surface area contributed by atoms with Crippen molar-refractivity contribution in [3.8, 4) is 6.07 Å². The Morgan fingerprint density at radius 3 is 2.50 bits per heavy atom. The van der Waals surface area contributed by atoms with E-state index >= 15 is 0 Å². The first kappa shape index (κ1) is 17.5. The van der Waals surface area contributed by atoms with Gasteiger partial charge in [-0.25, -0.2) is 13.1 Å². The molecule has 22 heavy (non-hydrogen) atoms. The van der Waals surface area contributed by atoms with Crippen molar-refractivity contribution >= 4 is 34.0 Å². The zero-order chi connectivity index (χ0) is 15.0. The Labute approximate surface area is 141 Å². The number of piperidine rings is 1. The first-order valence-corrected chi connectivity index (χ1v) is 8.82.